The Hall–Kier alpha value is -2.34. The summed E-state index contributed by atoms with van der Waals surface area (Å²) in [6, 6.07) is 13.3. The number of alkyl halides is 3. The van der Waals surface area contributed by atoms with Crippen LogP contribution in [0, 0.1) is 0 Å². The molecule has 7 heteroatoms. The van der Waals surface area contributed by atoms with E-state index in [1.54, 1.807) is 42.5 Å². The van der Waals surface area contributed by atoms with Crippen molar-refractivity contribution in [3.05, 3.63) is 64.0 Å². The van der Waals surface area contributed by atoms with Crippen molar-refractivity contribution in [3.8, 4) is 11.3 Å². The van der Waals surface area contributed by atoms with E-state index in [9.17, 15) is 18.0 Å². The summed E-state index contributed by atoms with van der Waals surface area (Å²) in [4.78, 5) is 16.0. The van der Waals surface area contributed by atoms with Gasteiger partial charge >= 0.3 is 11.9 Å². The van der Waals surface area contributed by atoms with E-state index in [1.165, 1.54) is 6.07 Å². The van der Waals surface area contributed by atoms with Gasteiger partial charge in [-0.05, 0) is 18.2 Å². The number of aromatic nitrogens is 2. The number of hydrogen-bond acceptors (Lipinski definition) is 2. The predicted octanol–water partition coefficient (Wildman–Crippen LogP) is 4.28. The zero-order valence-electron chi connectivity index (χ0n) is 11.6. The molecular weight excluding hydrogens is 329 g/mol. The fourth-order valence-electron chi connectivity index (χ4n) is 2.40. The Bertz CT molecular complexity index is 920. The Balaban J connectivity index is 2.34. The summed E-state index contributed by atoms with van der Waals surface area (Å²) in [6.07, 6.45) is -4.53. The average molecular weight is 339 g/mol. The summed E-state index contributed by atoms with van der Waals surface area (Å²) in [7, 11) is 0. The van der Waals surface area contributed by atoms with Gasteiger partial charge in [0.05, 0.1) is 11.2 Å². The molecule has 0 saturated heterocycles. The second-order valence-corrected chi connectivity index (χ2v) is 5.41. The lowest BCUT2D eigenvalue weighted by Crippen LogP contribution is -2.30. The Morgan fingerprint density at radius 3 is 2.43 bits per heavy atom. The predicted molar refractivity (Wildman–Crippen MR) is 82.5 cm³/mol. The van der Waals surface area contributed by atoms with Gasteiger partial charge in [-0.15, -0.1) is 0 Å². The molecule has 1 aromatic heterocycles. The molecule has 0 aliphatic rings. The van der Waals surface area contributed by atoms with Crippen molar-refractivity contribution in [2.75, 3.05) is 0 Å². The van der Waals surface area contributed by atoms with Crippen molar-refractivity contribution >= 4 is 22.5 Å². The molecule has 0 aliphatic carbocycles. The topological polar surface area (TPSA) is 34.9 Å². The van der Waals surface area contributed by atoms with Gasteiger partial charge < -0.3 is 0 Å². The highest BCUT2D eigenvalue weighted by molar-refractivity contribution is 6.31. The smallest absolute Gasteiger partial charge is 0.283 e. The molecule has 1 heterocycles. The van der Waals surface area contributed by atoms with Crippen molar-refractivity contribution in [1.29, 1.82) is 0 Å². The van der Waals surface area contributed by atoms with Gasteiger partial charge in [-0.1, -0.05) is 41.9 Å². The minimum Gasteiger partial charge on any atom is -0.283 e. The number of halogens is 4. The first-order valence-corrected chi connectivity index (χ1v) is 7.05. The van der Waals surface area contributed by atoms with E-state index in [1.807, 2.05) is 0 Å². The van der Waals surface area contributed by atoms with Gasteiger partial charge in [0.15, 0.2) is 0 Å². The SMILES string of the molecule is O=c1nc(-c2ccccc2)c2ccc(Cl)cc2n1CC(F)(F)F. The molecule has 0 saturated carbocycles. The second-order valence-electron chi connectivity index (χ2n) is 4.97. The minimum absolute atomic E-state index is 0.105. The van der Waals surface area contributed by atoms with Crippen LogP contribution in [0.3, 0.4) is 0 Å². The van der Waals surface area contributed by atoms with Crippen LogP contribution in [-0.2, 0) is 6.54 Å². The highest BCUT2D eigenvalue weighted by Gasteiger charge is 2.30. The van der Waals surface area contributed by atoms with Crippen LogP contribution in [0.25, 0.3) is 22.2 Å². The fraction of sp³-hybridized carbons (Fsp3) is 0.125. The normalized spacial score (nSPS) is 11.8. The maximum Gasteiger partial charge on any atom is 0.406 e. The molecule has 3 rings (SSSR count). The van der Waals surface area contributed by atoms with Gasteiger partial charge in [-0.3, -0.25) is 4.57 Å². The largest absolute Gasteiger partial charge is 0.406 e. The Labute approximate surface area is 134 Å². The first kappa shape index (κ1) is 15.6. The summed E-state index contributed by atoms with van der Waals surface area (Å²) in [5.74, 6) is 0. The molecule has 0 spiro atoms. The molecule has 0 aliphatic heterocycles. The lowest BCUT2D eigenvalue weighted by atomic mass is 10.1. The summed E-state index contributed by atoms with van der Waals surface area (Å²) in [6.45, 7) is -1.41. The zero-order valence-corrected chi connectivity index (χ0v) is 12.4. The van der Waals surface area contributed by atoms with Crippen LogP contribution in [0.15, 0.2) is 53.3 Å². The summed E-state index contributed by atoms with van der Waals surface area (Å²) in [5, 5.41) is 0.683. The summed E-state index contributed by atoms with van der Waals surface area (Å²) in [5.41, 5.74) is 0.126. The second kappa shape index (κ2) is 5.70. The number of nitrogens with zero attached hydrogens (tertiary/aromatic N) is 2. The lowest BCUT2D eigenvalue weighted by Gasteiger charge is -2.14. The third kappa shape index (κ3) is 3.22. The average Bonchev–Trinajstić information content (AvgIpc) is 2.50. The number of benzene rings is 2. The van der Waals surface area contributed by atoms with E-state index >= 15 is 0 Å². The van der Waals surface area contributed by atoms with Gasteiger partial charge in [0, 0.05) is 16.0 Å². The van der Waals surface area contributed by atoms with Crippen molar-refractivity contribution < 1.29 is 13.2 Å². The molecular formula is C16H10ClF3N2O. The van der Waals surface area contributed by atoms with Crippen LogP contribution >= 0.6 is 11.6 Å². The standard InChI is InChI=1S/C16H10ClF3N2O/c17-11-6-7-12-13(8-11)22(9-16(18,19)20)15(23)21-14(12)10-4-2-1-3-5-10/h1-8H,9H2. The van der Waals surface area contributed by atoms with Gasteiger partial charge in [0.1, 0.15) is 6.54 Å². The lowest BCUT2D eigenvalue weighted by molar-refractivity contribution is -0.140. The van der Waals surface area contributed by atoms with Gasteiger partial charge in [0.25, 0.3) is 0 Å². The van der Waals surface area contributed by atoms with Crippen molar-refractivity contribution in [2.24, 2.45) is 0 Å². The van der Waals surface area contributed by atoms with Gasteiger partial charge in [-0.2, -0.15) is 18.2 Å². The van der Waals surface area contributed by atoms with Crippen LogP contribution in [0.4, 0.5) is 13.2 Å². The van der Waals surface area contributed by atoms with Gasteiger partial charge in [-0.25, -0.2) is 4.79 Å². The number of hydrogen-bond donors (Lipinski definition) is 0. The molecule has 118 valence electrons. The first-order chi connectivity index (χ1) is 10.8. The minimum atomic E-state index is -4.53. The molecule has 0 unspecified atom stereocenters. The van der Waals surface area contributed by atoms with Crippen molar-refractivity contribution in [3.63, 3.8) is 0 Å². The number of fused-ring (bicyclic) bond motifs is 1. The molecule has 0 radical (unpaired) electrons. The van der Waals surface area contributed by atoms with Crippen LogP contribution < -0.4 is 5.69 Å². The first-order valence-electron chi connectivity index (χ1n) is 6.67. The monoisotopic (exact) mass is 338 g/mol. The third-order valence-electron chi connectivity index (χ3n) is 3.33. The molecule has 2 aromatic carbocycles. The molecule has 0 bridgehead atoms. The molecule has 0 fully saturated rings. The molecule has 23 heavy (non-hydrogen) atoms. The van der Waals surface area contributed by atoms with Crippen LogP contribution in [0.2, 0.25) is 5.02 Å². The fourth-order valence-corrected chi connectivity index (χ4v) is 2.56. The zero-order chi connectivity index (χ0) is 16.6. The van der Waals surface area contributed by atoms with Crippen LogP contribution in [0.1, 0.15) is 0 Å². The highest BCUT2D eigenvalue weighted by Crippen LogP contribution is 2.28. The molecule has 3 aromatic rings. The van der Waals surface area contributed by atoms with E-state index < -0.39 is 18.4 Å². The maximum atomic E-state index is 12.8. The van der Waals surface area contributed by atoms with Crippen molar-refractivity contribution in [2.45, 2.75) is 12.7 Å². The van der Waals surface area contributed by atoms with E-state index in [4.69, 9.17) is 11.6 Å². The quantitative estimate of drug-likeness (QED) is 0.699. The molecule has 3 nitrogen and oxygen atoms in total. The Morgan fingerprint density at radius 2 is 1.78 bits per heavy atom. The van der Waals surface area contributed by atoms with Crippen LogP contribution in [-0.4, -0.2) is 15.7 Å². The van der Waals surface area contributed by atoms with E-state index in [2.05, 4.69) is 4.98 Å². The third-order valence-corrected chi connectivity index (χ3v) is 3.56. The molecule has 0 amide bonds. The van der Waals surface area contributed by atoms with Crippen molar-refractivity contribution in [1.82, 2.24) is 9.55 Å². The highest BCUT2D eigenvalue weighted by atomic mass is 35.5. The number of rotatable bonds is 2. The molecule has 0 atom stereocenters. The summed E-state index contributed by atoms with van der Waals surface area (Å²) < 4.78 is 38.8. The van der Waals surface area contributed by atoms with E-state index in [-0.39, 0.29) is 10.5 Å². The van der Waals surface area contributed by atoms with Gasteiger partial charge in [0.2, 0.25) is 0 Å². The molecule has 0 N–H and O–H groups in total. The Morgan fingerprint density at radius 1 is 1.09 bits per heavy atom. The summed E-state index contributed by atoms with van der Waals surface area (Å²) >= 11 is 5.90. The maximum absolute atomic E-state index is 12.8. The van der Waals surface area contributed by atoms with E-state index in [0.29, 0.717) is 21.2 Å². The van der Waals surface area contributed by atoms with E-state index in [0.717, 1.165) is 0 Å². The van der Waals surface area contributed by atoms with Crippen LogP contribution in [0.5, 0.6) is 0 Å². The Kier molecular flexibility index (Phi) is 3.85.